The standard InChI is InChI=1S/C14H21NO/c1-15-14(10-4-3-5-11-14)12-6-8-13(16-2)9-7-12/h6-9,15H,3-5,10-11H2,1-2H3. The van der Waals surface area contributed by atoms with E-state index in [0.29, 0.717) is 0 Å². The molecule has 0 saturated heterocycles. The quantitative estimate of drug-likeness (QED) is 0.843. The molecule has 1 aliphatic rings. The SMILES string of the molecule is CNC1(c2ccc(OC)cc2)CCCCC1. The first-order valence-electron chi connectivity index (χ1n) is 6.14. The fraction of sp³-hybridized carbons (Fsp3) is 0.571. The normalized spacial score (nSPS) is 19.4. The van der Waals surface area contributed by atoms with Gasteiger partial charge < -0.3 is 10.1 Å². The third-order valence-electron chi connectivity index (χ3n) is 3.83. The van der Waals surface area contributed by atoms with Gasteiger partial charge in [0.05, 0.1) is 7.11 Å². The summed E-state index contributed by atoms with van der Waals surface area (Å²) in [6.45, 7) is 0. The predicted octanol–water partition coefficient (Wildman–Crippen LogP) is 3.07. The highest BCUT2D eigenvalue weighted by atomic mass is 16.5. The van der Waals surface area contributed by atoms with Crippen LogP contribution in [-0.4, -0.2) is 14.2 Å². The number of benzene rings is 1. The van der Waals surface area contributed by atoms with E-state index < -0.39 is 0 Å². The monoisotopic (exact) mass is 219 g/mol. The van der Waals surface area contributed by atoms with Crippen LogP contribution >= 0.6 is 0 Å². The number of ether oxygens (including phenoxy) is 1. The molecule has 16 heavy (non-hydrogen) atoms. The zero-order valence-electron chi connectivity index (χ0n) is 10.3. The highest BCUT2D eigenvalue weighted by Crippen LogP contribution is 2.37. The summed E-state index contributed by atoms with van der Waals surface area (Å²) >= 11 is 0. The third kappa shape index (κ3) is 2.07. The van der Waals surface area contributed by atoms with Crippen LogP contribution in [0.25, 0.3) is 0 Å². The first-order chi connectivity index (χ1) is 7.80. The van der Waals surface area contributed by atoms with E-state index in [0.717, 1.165) is 5.75 Å². The molecule has 0 spiro atoms. The second-order valence-electron chi connectivity index (χ2n) is 4.62. The Labute approximate surface area is 98.0 Å². The maximum Gasteiger partial charge on any atom is 0.118 e. The average molecular weight is 219 g/mol. The molecule has 1 aromatic carbocycles. The van der Waals surface area contributed by atoms with Crippen molar-refractivity contribution in [1.29, 1.82) is 0 Å². The summed E-state index contributed by atoms with van der Waals surface area (Å²) in [5, 5.41) is 3.53. The van der Waals surface area contributed by atoms with Crippen LogP contribution in [0.1, 0.15) is 37.7 Å². The van der Waals surface area contributed by atoms with E-state index in [1.165, 1.54) is 37.7 Å². The Hall–Kier alpha value is -1.02. The molecule has 0 aliphatic heterocycles. The van der Waals surface area contributed by atoms with Gasteiger partial charge in [0.1, 0.15) is 5.75 Å². The van der Waals surface area contributed by atoms with Gasteiger partial charge in [-0.3, -0.25) is 0 Å². The van der Waals surface area contributed by atoms with Gasteiger partial charge in [0.15, 0.2) is 0 Å². The van der Waals surface area contributed by atoms with E-state index in [1.807, 2.05) is 0 Å². The van der Waals surface area contributed by atoms with Crippen LogP contribution in [-0.2, 0) is 5.54 Å². The molecule has 0 unspecified atom stereocenters. The van der Waals surface area contributed by atoms with Crippen molar-refractivity contribution < 1.29 is 4.74 Å². The van der Waals surface area contributed by atoms with E-state index in [9.17, 15) is 0 Å². The largest absolute Gasteiger partial charge is 0.497 e. The summed E-state index contributed by atoms with van der Waals surface area (Å²) in [5.74, 6) is 0.936. The van der Waals surface area contributed by atoms with E-state index in [-0.39, 0.29) is 5.54 Å². The number of methoxy groups -OCH3 is 1. The van der Waals surface area contributed by atoms with E-state index >= 15 is 0 Å². The Balaban J connectivity index is 2.24. The minimum Gasteiger partial charge on any atom is -0.497 e. The number of hydrogen-bond donors (Lipinski definition) is 1. The van der Waals surface area contributed by atoms with Gasteiger partial charge in [-0.2, -0.15) is 0 Å². The number of hydrogen-bond acceptors (Lipinski definition) is 2. The molecule has 1 saturated carbocycles. The molecular weight excluding hydrogens is 198 g/mol. The summed E-state index contributed by atoms with van der Waals surface area (Å²) in [5.41, 5.74) is 1.60. The summed E-state index contributed by atoms with van der Waals surface area (Å²) in [4.78, 5) is 0. The molecule has 88 valence electrons. The number of nitrogens with one attached hydrogen (secondary N) is 1. The van der Waals surface area contributed by atoms with Crippen molar-refractivity contribution in [3.63, 3.8) is 0 Å². The fourth-order valence-electron chi connectivity index (χ4n) is 2.75. The lowest BCUT2D eigenvalue weighted by molar-refractivity contribution is 0.250. The summed E-state index contributed by atoms with van der Waals surface area (Å²) in [7, 11) is 3.79. The van der Waals surface area contributed by atoms with Crippen molar-refractivity contribution >= 4 is 0 Å². The molecule has 0 heterocycles. The minimum absolute atomic E-state index is 0.199. The Bertz CT molecular complexity index is 325. The maximum absolute atomic E-state index is 5.20. The van der Waals surface area contributed by atoms with Crippen LogP contribution in [0.5, 0.6) is 5.75 Å². The highest BCUT2D eigenvalue weighted by Gasteiger charge is 2.31. The average Bonchev–Trinajstić information content (AvgIpc) is 2.39. The van der Waals surface area contributed by atoms with Crippen molar-refractivity contribution in [2.45, 2.75) is 37.6 Å². The molecule has 2 nitrogen and oxygen atoms in total. The van der Waals surface area contributed by atoms with Crippen molar-refractivity contribution in [3.8, 4) is 5.75 Å². The van der Waals surface area contributed by atoms with Gasteiger partial charge in [-0.15, -0.1) is 0 Å². The predicted molar refractivity (Wildman–Crippen MR) is 66.8 cm³/mol. The molecule has 1 fully saturated rings. The van der Waals surface area contributed by atoms with Crippen LogP contribution < -0.4 is 10.1 Å². The summed E-state index contributed by atoms with van der Waals surface area (Å²) in [6, 6.07) is 8.51. The molecule has 0 amide bonds. The molecule has 2 rings (SSSR count). The van der Waals surface area contributed by atoms with Crippen LogP contribution in [0, 0.1) is 0 Å². The first-order valence-corrected chi connectivity index (χ1v) is 6.14. The Morgan fingerprint density at radius 2 is 1.69 bits per heavy atom. The van der Waals surface area contributed by atoms with Gasteiger partial charge in [0.2, 0.25) is 0 Å². The van der Waals surface area contributed by atoms with Crippen molar-refractivity contribution in [2.24, 2.45) is 0 Å². The molecular formula is C14H21NO. The third-order valence-corrected chi connectivity index (χ3v) is 3.83. The second kappa shape index (κ2) is 4.88. The zero-order valence-corrected chi connectivity index (χ0v) is 10.3. The molecule has 0 atom stereocenters. The topological polar surface area (TPSA) is 21.3 Å². The summed E-state index contributed by atoms with van der Waals surface area (Å²) < 4.78 is 5.20. The van der Waals surface area contributed by atoms with Crippen molar-refractivity contribution in [2.75, 3.05) is 14.2 Å². The van der Waals surface area contributed by atoms with E-state index in [4.69, 9.17) is 4.74 Å². The van der Waals surface area contributed by atoms with Gasteiger partial charge in [-0.25, -0.2) is 0 Å². The minimum atomic E-state index is 0.199. The van der Waals surface area contributed by atoms with Crippen molar-refractivity contribution in [1.82, 2.24) is 5.32 Å². The van der Waals surface area contributed by atoms with Crippen LogP contribution in [0.15, 0.2) is 24.3 Å². The smallest absolute Gasteiger partial charge is 0.118 e. The van der Waals surface area contributed by atoms with Gasteiger partial charge in [0, 0.05) is 5.54 Å². The molecule has 1 N–H and O–H groups in total. The first kappa shape index (κ1) is 11.5. The van der Waals surface area contributed by atoms with E-state index in [1.54, 1.807) is 7.11 Å². The molecule has 0 bridgehead atoms. The Kier molecular flexibility index (Phi) is 3.49. The van der Waals surface area contributed by atoms with E-state index in [2.05, 4.69) is 36.6 Å². The van der Waals surface area contributed by atoms with Crippen LogP contribution in [0.2, 0.25) is 0 Å². The van der Waals surface area contributed by atoms with Gasteiger partial charge >= 0.3 is 0 Å². The van der Waals surface area contributed by atoms with Crippen molar-refractivity contribution in [3.05, 3.63) is 29.8 Å². The molecule has 0 radical (unpaired) electrons. The fourth-order valence-corrected chi connectivity index (χ4v) is 2.75. The molecule has 1 aromatic rings. The number of rotatable bonds is 3. The van der Waals surface area contributed by atoms with Gasteiger partial charge in [-0.1, -0.05) is 31.4 Å². The highest BCUT2D eigenvalue weighted by molar-refractivity contribution is 5.32. The lowest BCUT2D eigenvalue weighted by atomic mass is 9.77. The Morgan fingerprint density at radius 1 is 1.06 bits per heavy atom. The second-order valence-corrected chi connectivity index (χ2v) is 4.62. The van der Waals surface area contributed by atoms with Crippen LogP contribution in [0.3, 0.4) is 0 Å². The Morgan fingerprint density at radius 3 is 2.19 bits per heavy atom. The molecule has 0 aromatic heterocycles. The van der Waals surface area contributed by atoms with Gasteiger partial charge in [0.25, 0.3) is 0 Å². The summed E-state index contributed by atoms with van der Waals surface area (Å²) in [6.07, 6.45) is 6.52. The van der Waals surface area contributed by atoms with Crippen LogP contribution in [0.4, 0.5) is 0 Å². The molecule has 2 heteroatoms. The van der Waals surface area contributed by atoms with Gasteiger partial charge in [-0.05, 0) is 37.6 Å². The zero-order chi connectivity index (χ0) is 11.4. The molecule has 1 aliphatic carbocycles. The maximum atomic E-state index is 5.20. The lowest BCUT2D eigenvalue weighted by Gasteiger charge is -2.37. The lowest BCUT2D eigenvalue weighted by Crippen LogP contribution is -2.41.